The molecule has 7 heteroatoms. The van der Waals surface area contributed by atoms with Gasteiger partial charge in [-0.3, -0.25) is 9.48 Å². The van der Waals surface area contributed by atoms with Crippen LogP contribution in [0.3, 0.4) is 0 Å². The van der Waals surface area contributed by atoms with Gasteiger partial charge in [-0.15, -0.1) is 0 Å². The molecule has 1 aromatic heterocycles. The van der Waals surface area contributed by atoms with E-state index >= 15 is 0 Å². The third-order valence-corrected chi connectivity index (χ3v) is 6.93. The van der Waals surface area contributed by atoms with E-state index in [9.17, 15) is 9.90 Å². The Kier molecular flexibility index (Phi) is 8.57. The zero-order valence-electron chi connectivity index (χ0n) is 22.2. The van der Waals surface area contributed by atoms with Crippen LogP contribution in [0.5, 0.6) is 0 Å². The second kappa shape index (κ2) is 12.0. The van der Waals surface area contributed by atoms with E-state index in [0.717, 1.165) is 35.1 Å². The highest BCUT2D eigenvalue weighted by Gasteiger charge is 2.23. The number of carbonyl (C=O) groups is 1. The van der Waals surface area contributed by atoms with Crippen molar-refractivity contribution in [2.75, 3.05) is 18.5 Å². The molecule has 38 heavy (non-hydrogen) atoms. The van der Waals surface area contributed by atoms with Gasteiger partial charge in [0, 0.05) is 24.0 Å². The van der Waals surface area contributed by atoms with E-state index in [2.05, 4.69) is 40.9 Å². The molecule has 0 saturated heterocycles. The van der Waals surface area contributed by atoms with E-state index in [1.807, 2.05) is 74.7 Å². The summed E-state index contributed by atoms with van der Waals surface area (Å²) < 4.78 is 1.76. The van der Waals surface area contributed by atoms with Crippen molar-refractivity contribution in [1.29, 1.82) is 5.26 Å². The largest absolute Gasteiger partial charge is 0.394 e. The number of aliphatic hydroxyl groups excluding tert-OH is 1. The molecule has 0 spiro atoms. The van der Waals surface area contributed by atoms with Gasteiger partial charge < -0.3 is 15.7 Å². The molecule has 7 nitrogen and oxygen atoms in total. The third-order valence-electron chi connectivity index (χ3n) is 6.93. The summed E-state index contributed by atoms with van der Waals surface area (Å²) in [6.45, 7) is 6.56. The second-order valence-corrected chi connectivity index (χ2v) is 10.4. The van der Waals surface area contributed by atoms with Crippen molar-refractivity contribution in [1.82, 2.24) is 15.1 Å². The first-order chi connectivity index (χ1) is 18.3. The van der Waals surface area contributed by atoms with Gasteiger partial charge in [0.1, 0.15) is 6.04 Å². The minimum Gasteiger partial charge on any atom is -0.394 e. The molecular weight excluding hydrogens is 474 g/mol. The van der Waals surface area contributed by atoms with Crippen LogP contribution in [-0.2, 0) is 10.3 Å². The highest BCUT2D eigenvalue weighted by atomic mass is 16.3. The number of nitrogens with zero attached hydrogens (tertiary/aromatic N) is 3. The molecule has 196 valence electrons. The molecule has 3 N–H and O–H groups in total. The Hall–Kier alpha value is -3.99. The van der Waals surface area contributed by atoms with Crippen molar-refractivity contribution in [2.45, 2.75) is 51.1 Å². The van der Waals surface area contributed by atoms with Crippen molar-refractivity contribution in [3.63, 3.8) is 0 Å². The maximum atomic E-state index is 13.4. The first kappa shape index (κ1) is 27.1. The Morgan fingerprint density at radius 2 is 1.87 bits per heavy atom. The third kappa shape index (κ3) is 6.46. The lowest BCUT2D eigenvalue weighted by molar-refractivity contribution is -0.117. The number of hydrogen-bond acceptors (Lipinski definition) is 5. The summed E-state index contributed by atoms with van der Waals surface area (Å²) in [4.78, 5) is 13.4. The lowest BCUT2D eigenvalue weighted by Gasteiger charge is -2.23. The number of nitriles is 1. The molecule has 0 fully saturated rings. The Bertz CT molecular complexity index is 1340. The van der Waals surface area contributed by atoms with Crippen LogP contribution in [0.25, 0.3) is 11.1 Å². The molecule has 1 aliphatic carbocycles. The molecule has 2 atom stereocenters. The van der Waals surface area contributed by atoms with Crippen LogP contribution in [0, 0.1) is 11.3 Å². The van der Waals surface area contributed by atoms with Gasteiger partial charge in [0.05, 0.1) is 30.0 Å². The first-order valence-electron chi connectivity index (χ1n) is 13.0. The van der Waals surface area contributed by atoms with Crippen LogP contribution >= 0.6 is 0 Å². The number of carbonyl (C=O) groups excluding carboxylic acids is 1. The topological polar surface area (TPSA) is 103 Å². The highest BCUT2D eigenvalue weighted by molar-refractivity contribution is 5.97. The Morgan fingerprint density at radius 3 is 2.50 bits per heavy atom. The summed E-state index contributed by atoms with van der Waals surface area (Å²) in [7, 11) is 0. The summed E-state index contributed by atoms with van der Waals surface area (Å²) in [6, 6.07) is 17.0. The molecule has 0 bridgehead atoms. The summed E-state index contributed by atoms with van der Waals surface area (Å²) >= 11 is 0. The number of anilines is 1. The number of aliphatic hydroxyl groups is 1. The van der Waals surface area contributed by atoms with Gasteiger partial charge in [-0.05, 0) is 73.6 Å². The Balaban J connectivity index is 1.44. The minimum atomic E-state index is -0.481. The predicted octanol–water partition coefficient (Wildman–Crippen LogP) is 5.13. The van der Waals surface area contributed by atoms with E-state index in [4.69, 9.17) is 5.26 Å². The molecular formula is C31H35N5O2. The average molecular weight is 510 g/mol. The molecule has 3 aromatic rings. The van der Waals surface area contributed by atoms with Crippen LogP contribution in [0.1, 0.15) is 50.7 Å². The van der Waals surface area contributed by atoms with Crippen molar-refractivity contribution in [2.24, 2.45) is 0 Å². The summed E-state index contributed by atoms with van der Waals surface area (Å²) in [5, 5.41) is 29.6. The number of rotatable bonds is 10. The van der Waals surface area contributed by atoms with Gasteiger partial charge in [-0.25, -0.2) is 0 Å². The monoisotopic (exact) mass is 509 g/mol. The normalized spacial score (nSPS) is 14.9. The van der Waals surface area contributed by atoms with Crippen LogP contribution < -0.4 is 10.6 Å². The Morgan fingerprint density at radius 1 is 1.13 bits per heavy atom. The van der Waals surface area contributed by atoms with Crippen molar-refractivity contribution >= 4 is 11.6 Å². The SMILES string of the molecule is CC(CNC(C(=O)Nc1ccc(-c2cnn(C(C)(C)CO)c2)cc1)C1=CCCC=C1)c1ccc(C#N)cc1. The fourth-order valence-electron chi connectivity index (χ4n) is 4.34. The number of nitrogens with one attached hydrogen (secondary N) is 2. The molecule has 0 radical (unpaired) electrons. The van der Waals surface area contributed by atoms with Gasteiger partial charge in [0.25, 0.3) is 0 Å². The van der Waals surface area contributed by atoms with Crippen LogP contribution in [0.15, 0.2) is 84.7 Å². The van der Waals surface area contributed by atoms with Gasteiger partial charge in [0.2, 0.25) is 5.91 Å². The zero-order chi connectivity index (χ0) is 27.1. The van der Waals surface area contributed by atoms with Gasteiger partial charge >= 0.3 is 0 Å². The molecule has 2 unspecified atom stereocenters. The van der Waals surface area contributed by atoms with Crippen molar-refractivity contribution in [3.05, 3.63) is 95.9 Å². The standard InChI is InChI=1S/C31H35N5O2/c1-22(24-11-9-23(17-32)10-12-24)18-33-29(26-7-5-4-6-8-26)30(38)35-28-15-13-25(14-16-28)27-19-34-36(20-27)31(2,3)21-37/h5,7-16,19-20,22,29,33,37H,4,6,18,21H2,1-3H3,(H,35,38). The molecule has 1 aliphatic rings. The summed E-state index contributed by atoms with van der Waals surface area (Å²) in [5.41, 5.74) is 4.88. The highest BCUT2D eigenvalue weighted by Crippen LogP contribution is 2.24. The quantitative estimate of drug-likeness (QED) is 0.352. The molecule has 0 saturated carbocycles. The van der Waals surface area contributed by atoms with Gasteiger partial charge in [0.15, 0.2) is 0 Å². The lowest BCUT2D eigenvalue weighted by atomic mass is 9.96. The van der Waals surface area contributed by atoms with E-state index in [-0.39, 0.29) is 18.4 Å². The van der Waals surface area contributed by atoms with Crippen LogP contribution in [-0.4, -0.2) is 40.0 Å². The van der Waals surface area contributed by atoms with Crippen LogP contribution in [0.2, 0.25) is 0 Å². The fourth-order valence-corrected chi connectivity index (χ4v) is 4.34. The number of allylic oxidation sites excluding steroid dienone is 2. The maximum Gasteiger partial charge on any atom is 0.246 e. The zero-order valence-corrected chi connectivity index (χ0v) is 22.2. The summed E-state index contributed by atoms with van der Waals surface area (Å²) in [5.74, 6) is 0.0577. The first-order valence-corrected chi connectivity index (χ1v) is 13.0. The lowest BCUT2D eigenvalue weighted by Crippen LogP contribution is -2.43. The summed E-state index contributed by atoms with van der Waals surface area (Å²) in [6.07, 6.45) is 11.8. The molecule has 2 aromatic carbocycles. The van der Waals surface area contributed by atoms with Gasteiger partial charge in [-0.1, -0.05) is 49.4 Å². The number of hydrogen-bond donors (Lipinski definition) is 3. The minimum absolute atomic E-state index is 0.00777. The van der Waals surface area contributed by atoms with E-state index in [1.165, 1.54) is 0 Å². The fraction of sp³-hybridized carbons (Fsp3) is 0.323. The second-order valence-electron chi connectivity index (χ2n) is 10.4. The molecule has 4 rings (SSSR count). The number of amides is 1. The number of aromatic nitrogens is 2. The predicted molar refractivity (Wildman–Crippen MR) is 151 cm³/mol. The number of benzene rings is 2. The molecule has 1 heterocycles. The molecule has 1 amide bonds. The van der Waals surface area contributed by atoms with E-state index < -0.39 is 11.6 Å². The average Bonchev–Trinajstić information content (AvgIpc) is 3.45. The van der Waals surface area contributed by atoms with E-state index in [1.54, 1.807) is 10.9 Å². The van der Waals surface area contributed by atoms with E-state index in [0.29, 0.717) is 17.8 Å². The maximum absolute atomic E-state index is 13.4. The van der Waals surface area contributed by atoms with Crippen molar-refractivity contribution in [3.8, 4) is 17.2 Å². The Labute approximate surface area is 224 Å². The molecule has 0 aliphatic heterocycles. The van der Waals surface area contributed by atoms with Gasteiger partial charge in [-0.2, -0.15) is 10.4 Å². The van der Waals surface area contributed by atoms with Crippen LogP contribution in [0.4, 0.5) is 5.69 Å². The smallest absolute Gasteiger partial charge is 0.246 e. The van der Waals surface area contributed by atoms with Crippen molar-refractivity contribution < 1.29 is 9.90 Å².